The first-order valence-electron chi connectivity index (χ1n) is 6.33. The minimum atomic E-state index is 0. The van der Waals surface area contributed by atoms with Crippen LogP contribution in [0.5, 0.6) is 0 Å². The molecule has 0 heterocycles. The molecule has 0 nitrogen and oxygen atoms in total. The number of hydrogen-bond acceptors (Lipinski definition) is 0. The van der Waals surface area contributed by atoms with Crippen LogP contribution in [0.4, 0.5) is 0 Å². The molecule has 0 fully saturated rings. The van der Waals surface area contributed by atoms with Gasteiger partial charge in [-0.15, -0.1) is 0 Å². The minimum Gasteiger partial charge on any atom is -0.0853 e. The number of allylic oxidation sites excluding steroid dienone is 8. The molecular weight excluding hydrogens is 384 g/mol. The van der Waals surface area contributed by atoms with Crippen LogP contribution in [-0.4, -0.2) is 0 Å². The van der Waals surface area contributed by atoms with Crippen molar-refractivity contribution >= 4 is 0 Å². The monoisotopic (exact) mass is 407 g/mol. The molecule has 0 bridgehead atoms. The van der Waals surface area contributed by atoms with Crippen molar-refractivity contribution in [3.05, 3.63) is 47.1 Å². The Morgan fingerprint density at radius 1 is 1.00 bits per heavy atom. The Morgan fingerprint density at radius 2 is 1.65 bits per heavy atom. The minimum absolute atomic E-state index is 0. The van der Waals surface area contributed by atoms with Crippen LogP contribution in [-0.2, 0) is 20.1 Å². The first kappa shape index (κ1) is 14.7. The third kappa shape index (κ3) is 3.30. The van der Waals surface area contributed by atoms with Gasteiger partial charge in [0.05, 0.1) is 0 Å². The van der Waals surface area contributed by atoms with E-state index in [0.29, 0.717) is 0 Å². The Bertz CT molecular complexity index is 382. The largest absolute Gasteiger partial charge is 0.0853 e. The molecule has 2 aliphatic carbocycles. The van der Waals surface area contributed by atoms with Crippen LogP contribution in [0.3, 0.4) is 0 Å². The molecule has 0 amide bonds. The molecule has 2 rings (SSSR count). The normalized spacial score (nSPS) is 22.9. The van der Waals surface area contributed by atoms with Gasteiger partial charge >= 0.3 is 0 Å². The Labute approximate surface area is 119 Å². The third-order valence-electron chi connectivity index (χ3n) is 3.94. The van der Waals surface area contributed by atoms with E-state index in [4.69, 9.17) is 0 Å². The summed E-state index contributed by atoms with van der Waals surface area (Å²) in [7, 11) is 0. The molecule has 1 heteroatoms. The van der Waals surface area contributed by atoms with Crippen molar-refractivity contribution in [1.29, 1.82) is 0 Å². The molecule has 0 aromatic carbocycles. The fourth-order valence-electron chi connectivity index (χ4n) is 2.82. The topological polar surface area (TPSA) is 0 Å². The van der Waals surface area contributed by atoms with Crippen molar-refractivity contribution in [2.45, 2.75) is 46.5 Å². The van der Waals surface area contributed by atoms with Crippen molar-refractivity contribution in [1.82, 2.24) is 0 Å². The summed E-state index contributed by atoms with van der Waals surface area (Å²) in [5, 5.41) is 0. The van der Waals surface area contributed by atoms with Gasteiger partial charge in [0, 0.05) is 25.5 Å². The summed E-state index contributed by atoms with van der Waals surface area (Å²) in [6, 6.07) is 0. The van der Waals surface area contributed by atoms with Crippen molar-refractivity contribution < 1.29 is 20.1 Å². The summed E-state index contributed by atoms with van der Waals surface area (Å²) < 4.78 is 0. The van der Waals surface area contributed by atoms with Crippen LogP contribution in [0.2, 0.25) is 0 Å². The smallest absolute Gasteiger partial charge is 0.0251 e. The van der Waals surface area contributed by atoms with E-state index in [1.165, 1.54) is 25.7 Å². The first-order chi connectivity index (χ1) is 7.62. The second-order valence-corrected chi connectivity index (χ2v) is 5.35. The van der Waals surface area contributed by atoms with Crippen LogP contribution >= 0.6 is 0 Å². The molecule has 2 aliphatic rings. The Morgan fingerprint density at radius 3 is 2.29 bits per heavy atom. The molecule has 1 radical (unpaired) electrons. The fourth-order valence-corrected chi connectivity index (χ4v) is 2.82. The van der Waals surface area contributed by atoms with Gasteiger partial charge in [-0.05, 0) is 46.5 Å². The van der Waals surface area contributed by atoms with Gasteiger partial charge in [-0.2, -0.15) is 0 Å². The summed E-state index contributed by atoms with van der Waals surface area (Å²) in [6.45, 7) is 6.92. The Kier molecular flexibility index (Phi) is 5.16. The van der Waals surface area contributed by atoms with Crippen LogP contribution in [0.1, 0.15) is 46.5 Å². The second-order valence-electron chi connectivity index (χ2n) is 5.35. The summed E-state index contributed by atoms with van der Waals surface area (Å²) in [5.74, 6) is 0. The molecule has 0 unspecified atom stereocenters. The van der Waals surface area contributed by atoms with Gasteiger partial charge in [-0.1, -0.05) is 47.1 Å². The van der Waals surface area contributed by atoms with Crippen LogP contribution in [0.25, 0.3) is 0 Å². The number of rotatable bonds is 1. The van der Waals surface area contributed by atoms with Crippen LogP contribution in [0.15, 0.2) is 47.1 Å². The van der Waals surface area contributed by atoms with E-state index in [1.807, 2.05) is 0 Å². The summed E-state index contributed by atoms with van der Waals surface area (Å²) in [5.41, 5.74) is 4.99. The van der Waals surface area contributed by atoms with E-state index in [9.17, 15) is 0 Å². The van der Waals surface area contributed by atoms with Crippen molar-refractivity contribution in [3.8, 4) is 0 Å². The van der Waals surface area contributed by atoms with Gasteiger partial charge in [-0.3, -0.25) is 0 Å². The summed E-state index contributed by atoms with van der Waals surface area (Å²) in [6.07, 6.45) is 16.3. The van der Waals surface area contributed by atoms with Gasteiger partial charge in [0.2, 0.25) is 0 Å². The maximum absolute atomic E-state index is 2.41. The molecule has 17 heavy (non-hydrogen) atoms. The summed E-state index contributed by atoms with van der Waals surface area (Å²) in [4.78, 5) is 0. The van der Waals surface area contributed by atoms with Crippen LogP contribution in [0, 0.1) is 5.41 Å². The quantitative estimate of drug-likeness (QED) is 0.541. The average molecular weight is 407 g/mol. The first-order valence-corrected chi connectivity index (χ1v) is 6.33. The molecule has 0 saturated heterocycles. The van der Waals surface area contributed by atoms with E-state index in [2.05, 4.69) is 51.2 Å². The predicted molar refractivity (Wildman–Crippen MR) is 71.3 cm³/mol. The zero-order valence-electron chi connectivity index (χ0n) is 11.0. The Hall–Kier alpha value is -0.391. The molecule has 0 N–H and O–H groups in total. The van der Waals surface area contributed by atoms with Crippen molar-refractivity contribution in [3.63, 3.8) is 0 Å². The van der Waals surface area contributed by atoms with E-state index in [0.717, 1.165) is 0 Å². The Balaban J connectivity index is 0.00000144. The molecular formula is C16H22Ir. The van der Waals surface area contributed by atoms with E-state index in [-0.39, 0.29) is 25.5 Å². The van der Waals surface area contributed by atoms with Crippen molar-refractivity contribution in [2.24, 2.45) is 5.41 Å². The summed E-state index contributed by atoms with van der Waals surface area (Å²) >= 11 is 0. The van der Waals surface area contributed by atoms with Gasteiger partial charge in [0.25, 0.3) is 0 Å². The van der Waals surface area contributed by atoms with E-state index in [1.54, 1.807) is 16.7 Å². The maximum Gasteiger partial charge on any atom is 0.0251 e. The molecule has 0 saturated carbocycles. The molecule has 0 aromatic rings. The van der Waals surface area contributed by atoms with Gasteiger partial charge in [0.15, 0.2) is 0 Å². The SMILES string of the molecule is CC1=CCCC(C)=C(C2(C)C=CC=C2)CC1.[Ir]. The third-order valence-corrected chi connectivity index (χ3v) is 3.94. The van der Waals surface area contributed by atoms with Gasteiger partial charge in [0.1, 0.15) is 0 Å². The molecule has 0 atom stereocenters. The molecule has 0 aromatic heterocycles. The molecule has 0 spiro atoms. The second kappa shape index (κ2) is 5.98. The van der Waals surface area contributed by atoms with Crippen LogP contribution < -0.4 is 0 Å². The maximum atomic E-state index is 2.41. The number of hydrogen-bond donors (Lipinski definition) is 0. The standard InChI is InChI=1S/C16H22.Ir/c1-13-7-6-8-14(2)15(10-9-13)16(3)11-4-5-12-16;/h4-5,7,11-12H,6,8-10H2,1-3H3;. The average Bonchev–Trinajstić information content (AvgIpc) is 2.63. The van der Waals surface area contributed by atoms with Gasteiger partial charge in [-0.25, -0.2) is 0 Å². The zero-order chi connectivity index (χ0) is 11.6. The zero-order valence-corrected chi connectivity index (χ0v) is 13.4. The predicted octanol–water partition coefficient (Wildman–Crippen LogP) is 4.95. The van der Waals surface area contributed by atoms with E-state index < -0.39 is 0 Å². The van der Waals surface area contributed by atoms with Gasteiger partial charge < -0.3 is 0 Å². The van der Waals surface area contributed by atoms with E-state index >= 15 is 0 Å². The molecule has 0 aliphatic heterocycles. The van der Waals surface area contributed by atoms with Crippen molar-refractivity contribution in [2.75, 3.05) is 0 Å². The molecule has 95 valence electrons. The fraction of sp³-hybridized carbons (Fsp3) is 0.500.